The minimum Gasteiger partial charge on any atom is -0.381 e. The highest BCUT2D eigenvalue weighted by molar-refractivity contribution is 5.54. The lowest BCUT2D eigenvalue weighted by molar-refractivity contribution is 1.04. The molecule has 1 rings (SSSR count). The maximum atomic E-state index is 5.54. The fourth-order valence-electron chi connectivity index (χ4n) is 0.778. The van der Waals surface area contributed by atoms with E-state index in [4.69, 9.17) is 5.73 Å². The Hall–Kier alpha value is -1.58. The molecule has 0 saturated heterocycles. The van der Waals surface area contributed by atoms with Crippen LogP contribution in [0.3, 0.4) is 0 Å². The van der Waals surface area contributed by atoms with E-state index in [1.807, 2.05) is 6.08 Å². The second-order valence-corrected chi connectivity index (χ2v) is 2.29. The summed E-state index contributed by atoms with van der Waals surface area (Å²) in [5.41, 5.74) is 5.54. The molecule has 0 aromatic carbocycles. The summed E-state index contributed by atoms with van der Waals surface area (Å²) in [7, 11) is 0. The molecule has 1 heterocycles. The van der Waals surface area contributed by atoms with Crippen LogP contribution in [0.4, 0.5) is 11.6 Å². The summed E-state index contributed by atoms with van der Waals surface area (Å²) >= 11 is 0. The maximum absolute atomic E-state index is 5.54. The molecule has 0 spiro atoms. The van der Waals surface area contributed by atoms with E-state index in [2.05, 4.69) is 21.9 Å². The maximum Gasteiger partial charge on any atom is 0.168 e. The zero-order chi connectivity index (χ0) is 8.81. The first-order chi connectivity index (χ1) is 5.84. The van der Waals surface area contributed by atoms with Crippen LogP contribution in [0.15, 0.2) is 25.0 Å². The Labute approximate surface area is 71.5 Å². The van der Waals surface area contributed by atoms with Crippen LogP contribution in [-0.4, -0.2) is 16.5 Å². The van der Waals surface area contributed by atoms with Gasteiger partial charge >= 0.3 is 0 Å². The molecule has 0 unspecified atom stereocenters. The van der Waals surface area contributed by atoms with E-state index >= 15 is 0 Å². The lowest BCUT2D eigenvalue weighted by Crippen LogP contribution is -2.06. The Balaban J connectivity index is 2.51. The molecule has 0 aliphatic carbocycles. The van der Waals surface area contributed by atoms with Crippen LogP contribution in [0, 0.1) is 0 Å². The predicted octanol–water partition coefficient (Wildman–Crippen LogP) is 1.05. The van der Waals surface area contributed by atoms with Crippen molar-refractivity contribution in [1.29, 1.82) is 0 Å². The summed E-state index contributed by atoms with van der Waals surface area (Å²) in [6.07, 6.45) is 5.89. The quantitative estimate of drug-likeness (QED) is 0.515. The third-order valence-electron chi connectivity index (χ3n) is 1.37. The van der Waals surface area contributed by atoms with E-state index in [1.54, 1.807) is 12.4 Å². The van der Waals surface area contributed by atoms with Gasteiger partial charge in [-0.15, -0.1) is 6.58 Å². The molecule has 0 aliphatic rings. The second kappa shape index (κ2) is 4.33. The minimum atomic E-state index is 0.432. The molecule has 4 nitrogen and oxygen atoms in total. The number of aromatic nitrogens is 2. The Morgan fingerprint density at radius 3 is 2.92 bits per heavy atom. The molecule has 1 aromatic rings. The van der Waals surface area contributed by atoms with Crippen molar-refractivity contribution in [1.82, 2.24) is 9.97 Å². The van der Waals surface area contributed by atoms with Crippen molar-refractivity contribution >= 4 is 11.6 Å². The van der Waals surface area contributed by atoms with E-state index in [9.17, 15) is 0 Å². The third kappa shape index (κ3) is 2.23. The van der Waals surface area contributed by atoms with Crippen molar-refractivity contribution in [2.45, 2.75) is 6.42 Å². The smallest absolute Gasteiger partial charge is 0.168 e. The fraction of sp³-hybridized carbons (Fsp3) is 0.250. The standard InChI is InChI=1S/C8H12N4/c1-2-3-4-11-8-7(9)10-5-6-12-8/h2,5-6H,1,3-4H2,(H2,9,10)(H,11,12). The van der Waals surface area contributed by atoms with Crippen molar-refractivity contribution in [3.8, 4) is 0 Å². The average Bonchev–Trinajstić information content (AvgIpc) is 2.09. The molecule has 0 bridgehead atoms. The minimum absolute atomic E-state index is 0.432. The van der Waals surface area contributed by atoms with Gasteiger partial charge in [-0.1, -0.05) is 6.08 Å². The molecule has 1 aromatic heterocycles. The normalized spacial score (nSPS) is 9.33. The van der Waals surface area contributed by atoms with E-state index in [0.717, 1.165) is 13.0 Å². The van der Waals surface area contributed by atoms with Crippen LogP contribution < -0.4 is 11.1 Å². The van der Waals surface area contributed by atoms with Crippen molar-refractivity contribution in [3.05, 3.63) is 25.0 Å². The number of nitrogens with one attached hydrogen (secondary N) is 1. The van der Waals surface area contributed by atoms with Crippen LogP contribution in [0.2, 0.25) is 0 Å². The number of anilines is 2. The molecule has 12 heavy (non-hydrogen) atoms. The molecular formula is C8H12N4. The highest BCUT2D eigenvalue weighted by atomic mass is 15.0. The largest absolute Gasteiger partial charge is 0.381 e. The summed E-state index contributed by atoms with van der Waals surface area (Å²) in [6, 6.07) is 0. The first-order valence-corrected chi connectivity index (χ1v) is 3.76. The summed E-state index contributed by atoms with van der Waals surface area (Å²) in [4.78, 5) is 7.90. The van der Waals surface area contributed by atoms with Gasteiger partial charge in [0.15, 0.2) is 11.6 Å². The molecule has 0 aliphatic heterocycles. The Bertz CT molecular complexity index is 259. The van der Waals surface area contributed by atoms with Crippen LogP contribution in [0.25, 0.3) is 0 Å². The number of rotatable bonds is 4. The van der Waals surface area contributed by atoms with Crippen LogP contribution in [0.5, 0.6) is 0 Å². The van der Waals surface area contributed by atoms with Gasteiger partial charge in [-0.2, -0.15) is 0 Å². The van der Waals surface area contributed by atoms with Gasteiger partial charge in [0.1, 0.15) is 0 Å². The van der Waals surface area contributed by atoms with Gasteiger partial charge in [0, 0.05) is 18.9 Å². The number of nitrogen functional groups attached to an aromatic ring is 1. The number of nitrogens with zero attached hydrogens (tertiary/aromatic N) is 2. The van der Waals surface area contributed by atoms with Gasteiger partial charge in [0.2, 0.25) is 0 Å². The molecule has 0 fully saturated rings. The number of hydrogen-bond donors (Lipinski definition) is 2. The van der Waals surface area contributed by atoms with Gasteiger partial charge in [-0.25, -0.2) is 9.97 Å². The first kappa shape index (κ1) is 8.52. The average molecular weight is 164 g/mol. The van der Waals surface area contributed by atoms with Crippen LogP contribution in [0.1, 0.15) is 6.42 Å². The fourth-order valence-corrected chi connectivity index (χ4v) is 0.778. The van der Waals surface area contributed by atoms with Crippen LogP contribution >= 0.6 is 0 Å². The molecule has 0 amide bonds. The van der Waals surface area contributed by atoms with Crippen molar-refractivity contribution < 1.29 is 0 Å². The van der Waals surface area contributed by atoms with Crippen molar-refractivity contribution in [3.63, 3.8) is 0 Å². The Morgan fingerprint density at radius 1 is 1.50 bits per heavy atom. The van der Waals surface area contributed by atoms with Gasteiger partial charge in [-0.05, 0) is 6.42 Å². The number of nitrogens with two attached hydrogens (primary N) is 1. The zero-order valence-corrected chi connectivity index (χ0v) is 6.83. The molecule has 0 saturated carbocycles. The van der Waals surface area contributed by atoms with Crippen molar-refractivity contribution in [2.75, 3.05) is 17.6 Å². The number of hydrogen-bond acceptors (Lipinski definition) is 4. The summed E-state index contributed by atoms with van der Waals surface area (Å²) in [5, 5.41) is 3.04. The monoisotopic (exact) mass is 164 g/mol. The second-order valence-electron chi connectivity index (χ2n) is 2.29. The molecular weight excluding hydrogens is 152 g/mol. The molecule has 64 valence electrons. The molecule has 4 heteroatoms. The first-order valence-electron chi connectivity index (χ1n) is 3.76. The van der Waals surface area contributed by atoms with E-state index < -0.39 is 0 Å². The third-order valence-corrected chi connectivity index (χ3v) is 1.37. The SMILES string of the molecule is C=CCCNc1nccnc1N. The molecule has 0 atom stereocenters. The van der Waals surface area contributed by atoms with E-state index in [0.29, 0.717) is 11.6 Å². The van der Waals surface area contributed by atoms with E-state index in [-0.39, 0.29) is 0 Å². The highest BCUT2D eigenvalue weighted by Gasteiger charge is 1.96. The lowest BCUT2D eigenvalue weighted by Gasteiger charge is -2.04. The van der Waals surface area contributed by atoms with Crippen molar-refractivity contribution in [2.24, 2.45) is 0 Å². The Kier molecular flexibility index (Phi) is 3.07. The van der Waals surface area contributed by atoms with Gasteiger partial charge < -0.3 is 11.1 Å². The predicted molar refractivity (Wildman–Crippen MR) is 49.7 cm³/mol. The summed E-state index contributed by atoms with van der Waals surface area (Å²) < 4.78 is 0. The highest BCUT2D eigenvalue weighted by Crippen LogP contribution is 2.08. The zero-order valence-electron chi connectivity index (χ0n) is 6.83. The van der Waals surface area contributed by atoms with Gasteiger partial charge in [0.05, 0.1) is 0 Å². The van der Waals surface area contributed by atoms with E-state index in [1.165, 1.54) is 0 Å². The summed E-state index contributed by atoms with van der Waals surface area (Å²) in [5.74, 6) is 1.07. The van der Waals surface area contributed by atoms with Gasteiger partial charge in [0.25, 0.3) is 0 Å². The van der Waals surface area contributed by atoms with Crippen LogP contribution in [-0.2, 0) is 0 Å². The lowest BCUT2D eigenvalue weighted by atomic mass is 10.4. The summed E-state index contributed by atoms with van der Waals surface area (Å²) in [6.45, 7) is 4.39. The molecule has 3 N–H and O–H groups in total. The topological polar surface area (TPSA) is 63.8 Å². The van der Waals surface area contributed by atoms with Gasteiger partial charge in [-0.3, -0.25) is 0 Å². The Morgan fingerprint density at radius 2 is 2.25 bits per heavy atom. The molecule has 0 radical (unpaired) electrons.